The van der Waals surface area contributed by atoms with Crippen molar-refractivity contribution in [2.75, 3.05) is 26.7 Å². The Hall–Kier alpha value is -3.40. The lowest BCUT2D eigenvalue weighted by molar-refractivity contribution is -0.221. The van der Waals surface area contributed by atoms with Crippen molar-refractivity contribution in [3.8, 4) is 11.5 Å². The third-order valence-corrected chi connectivity index (χ3v) is 12.9. The second-order valence-electron chi connectivity index (χ2n) is 14.2. The van der Waals surface area contributed by atoms with Crippen LogP contribution in [0, 0.1) is 5.92 Å². The molecule has 2 fully saturated rings. The molecule has 2 aliphatic heterocycles. The van der Waals surface area contributed by atoms with Crippen molar-refractivity contribution in [2.45, 2.75) is 87.8 Å². The number of sulfonamides is 1. The molecule has 7 rings (SSSR count). The van der Waals surface area contributed by atoms with Gasteiger partial charge in [-0.05, 0) is 67.3 Å². The third-order valence-electron chi connectivity index (χ3n) is 11.0. The Morgan fingerprint density at radius 1 is 1.02 bits per heavy atom. The molecule has 9 heteroatoms. The topological polar surface area (TPSA) is 85.4 Å². The summed E-state index contributed by atoms with van der Waals surface area (Å²) in [5.41, 5.74) is 2.67. The van der Waals surface area contributed by atoms with Crippen LogP contribution in [-0.2, 0) is 43.6 Å². The number of rotatable bonds is 11. The number of ether oxygens (including phenoxy) is 3. The largest absolute Gasteiger partial charge is 0.493 e. The van der Waals surface area contributed by atoms with Gasteiger partial charge in [-0.2, -0.15) is 4.31 Å². The molecule has 0 radical (unpaired) electrons. The second-order valence-corrected chi connectivity index (χ2v) is 16.1. The van der Waals surface area contributed by atoms with Gasteiger partial charge in [-0.15, -0.1) is 0 Å². The number of piperidine rings is 1. The molecule has 2 aliphatic carbocycles. The zero-order valence-electron chi connectivity index (χ0n) is 27.9. The molecule has 8 nitrogen and oxygen atoms in total. The van der Waals surface area contributed by atoms with E-state index in [1.54, 1.807) is 11.4 Å². The fourth-order valence-electron chi connectivity index (χ4n) is 9.35. The van der Waals surface area contributed by atoms with Gasteiger partial charge in [-0.25, -0.2) is 8.42 Å². The fourth-order valence-corrected chi connectivity index (χ4v) is 11.3. The van der Waals surface area contributed by atoms with E-state index in [0.29, 0.717) is 37.3 Å². The van der Waals surface area contributed by atoms with Crippen LogP contribution in [0.3, 0.4) is 0 Å². The number of carbonyl (C=O) groups excluding carboxylic acids is 1. The van der Waals surface area contributed by atoms with Crippen molar-refractivity contribution in [3.05, 3.63) is 95.1 Å². The molecule has 0 N–H and O–H groups in total. The lowest BCUT2D eigenvalue weighted by Gasteiger charge is -2.65. The average Bonchev–Trinajstić information content (AvgIpc) is 3.39. The van der Waals surface area contributed by atoms with Crippen LogP contribution in [0.1, 0.15) is 62.3 Å². The van der Waals surface area contributed by atoms with Gasteiger partial charge in [0.1, 0.15) is 11.7 Å². The first-order valence-corrected chi connectivity index (χ1v) is 18.6. The maximum atomic E-state index is 14.4. The van der Waals surface area contributed by atoms with Gasteiger partial charge < -0.3 is 14.2 Å². The van der Waals surface area contributed by atoms with E-state index < -0.39 is 33.2 Å². The zero-order valence-corrected chi connectivity index (χ0v) is 28.7. The van der Waals surface area contributed by atoms with Crippen molar-refractivity contribution in [1.29, 1.82) is 0 Å². The third kappa shape index (κ3) is 5.25. The average molecular weight is 659 g/mol. The molecule has 1 saturated carbocycles. The summed E-state index contributed by atoms with van der Waals surface area (Å²) in [7, 11) is -2.10. The molecule has 2 heterocycles. The highest BCUT2D eigenvalue weighted by Crippen LogP contribution is 2.67. The SMILES string of the molecule is COc1ccc2c3c1O[C@H]1[C@@H](N(CC(C)C)S(=O)(=O)Cc4ccccc4)CC[C@@]4(OC(C)=O)[C@@H](C2)N(CCc2ccccc2)CC[C@]314. The summed E-state index contributed by atoms with van der Waals surface area (Å²) in [6.07, 6.45) is 2.84. The summed E-state index contributed by atoms with van der Waals surface area (Å²) in [6, 6.07) is 23.5. The quantitative estimate of drug-likeness (QED) is 0.251. The predicted molar refractivity (Wildman–Crippen MR) is 181 cm³/mol. The van der Waals surface area contributed by atoms with E-state index in [9.17, 15) is 13.2 Å². The Morgan fingerprint density at radius 3 is 2.38 bits per heavy atom. The van der Waals surface area contributed by atoms with Gasteiger partial charge >= 0.3 is 5.97 Å². The number of carbonyl (C=O) groups is 1. The van der Waals surface area contributed by atoms with E-state index in [-0.39, 0.29) is 23.7 Å². The highest BCUT2D eigenvalue weighted by molar-refractivity contribution is 7.88. The van der Waals surface area contributed by atoms with Gasteiger partial charge in [-0.3, -0.25) is 9.69 Å². The van der Waals surface area contributed by atoms with E-state index >= 15 is 0 Å². The first kappa shape index (κ1) is 32.2. The molecule has 5 atom stereocenters. The zero-order chi connectivity index (χ0) is 33.0. The Labute approximate surface area is 279 Å². The summed E-state index contributed by atoms with van der Waals surface area (Å²) in [4.78, 5) is 15.7. The Balaban J connectivity index is 1.35. The maximum absolute atomic E-state index is 14.4. The molecule has 1 spiro atoms. The molecular formula is C38H46N2O6S. The van der Waals surface area contributed by atoms with Crippen LogP contribution < -0.4 is 9.47 Å². The fraction of sp³-hybridized carbons (Fsp3) is 0.500. The maximum Gasteiger partial charge on any atom is 0.303 e. The van der Waals surface area contributed by atoms with E-state index in [2.05, 4.69) is 49.1 Å². The molecule has 4 aliphatic rings. The molecule has 3 aromatic carbocycles. The number of likely N-dealkylation sites (tertiary alicyclic amines) is 1. The smallest absolute Gasteiger partial charge is 0.303 e. The van der Waals surface area contributed by atoms with E-state index in [0.717, 1.165) is 37.1 Å². The molecule has 0 amide bonds. The van der Waals surface area contributed by atoms with Crippen molar-refractivity contribution in [2.24, 2.45) is 5.92 Å². The van der Waals surface area contributed by atoms with Crippen LogP contribution in [0.4, 0.5) is 0 Å². The summed E-state index contributed by atoms with van der Waals surface area (Å²) < 4.78 is 50.2. The van der Waals surface area contributed by atoms with Gasteiger partial charge in [0, 0.05) is 25.6 Å². The number of methoxy groups -OCH3 is 1. The highest BCUT2D eigenvalue weighted by atomic mass is 32.2. The van der Waals surface area contributed by atoms with Crippen LogP contribution in [-0.4, -0.2) is 74.1 Å². The minimum Gasteiger partial charge on any atom is -0.493 e. The molecule has 1 saturated heterocycles. The highest BCUT2D eigenvalue weighted by Gasteiger charge is 2.76. The van der Waals surface area contributed by atoms with Crippen molar-refractivity contribution < 1.29 is 27.4 Å². The van der Waals surface area contributed by atoms with Gasteiger partial charge in [0.25, 0.3) is 0 Å². The van der Waals surface area contributed by atoms with Gasteiger partial charge in [-0.1, -0.05) is 80.6 Å². The summed E-state index contributed by atoms with van der Waals surface area (Å²) in [5, 5.41) is 0. The van der Waals surface area contributed by atoms with E-state index in [4.69, 9.17) is 14.2 Å². The number of hydrogen-bond acceptors (Lipinski definition) is 7. The van der Waals surface area contributed by atoms with Crippen LogP contribution in [0.25, 0.3) is 0 Å². The first-order chi connectivity index (χ1) is 22.6. The molecular weight excluding hydrogens is 612 g/mol. The van der Waals surface area contributed by atoms with Gasteiger partial charge in [0.05, 0.1) is 30.4 Å². The van der Waals surface area contributed by atoms with Crippen LogP contribution in [0.15, 0.2) is 72.8 Å². The monoisotopic (exact) mass is 658 g/mol. The lowest BCUT2D eigenvalue weighted by Crippen LogP contribution is -2.79. The standard InChI is InChI=1S/C38H46N2O6S/c1-26(2)24-40(47(42,43)25-29-13-9-6-10-14-29)31-17-19-38(46-27(3)41)33-23-30-15-16-32(44-4)35-34(30)37(38,36(31)45-35)20-22-39(33)21-18-28-11-7-5-8-12-28/h5-16,26,31,33,36H,17-25H2,1-4H3/t31-,33+,36-,37-,38+/m0/s1. The van der Waals surface area contributed by atoms with Crippen LogP contribution >= 0.6 is 0 Å². The van der Waals surface area contributed by atoms with Crippen LogP contribution in [0.5, 0.6) is 11.5 Å². The van der Waals surface area contributed by atoms with Gasteiger partial charge in [0.15, 0.2) is 11.5 Å². The molecule has 0 aromatic heterocycles. The normalized spacial score (nSPS) is 27.7. The summed E-state index contributed by atoms with van der Waals surface area (Å²) in [5.74, 6) is 1.02. The van der Waals surface area contributed by atoms with Crippen molar-refractivity contribution >= 4 is 16.0 Å². The second kappa shape index (κ2) is 12.2. The first-order valence-electron chi connectivity index (χ1n) is 17.0. The minimum absolute atomic E-state index is 0.0674. The van der Waals surface area contributed by atoms with Crippen molar-refractivity contribution in [1.82, 2.24) is 9.21 Å². The molecule has 2 bridgehead atoms. The predicted octanol–water partition coefficient (Wildman–Crippen LogP) is 5.52. The number of esters is 1. The summed E-state index contributed by atoms with van der Waals surface area (Å²) >= 11 is 0. The molecule has 250 valence electrons. The Bertz CT molecular complexity index is 1730. The number of benzene rings is 3. The Kier molecular flexibility index (Phi) is 8.38. The number of nitrogens with zero attached hydrogens (tertiary/aromatic N) is 2. The molecule has 0 unspecified atom stereocenters. The van der Waals surface area contributed by atoms with Gasteiger partial charge in [0.2, 0.25) is 10.0 Å². The van der Waals surface area contributed by atoms with Crippen LogP contribution in [0.2, 0.25) is 0 Å². The molecule has 47 heavy (non-hydrogen) atoms. The summed E-state index contributed by atoms with van der Waals surface area (Å²) in [6.45, 7) is 7.63. The lowest BCUT2D eigenvalue weighted by atomic mass is 9.48. The van der Waals surface area contributed by atoms with E-state index in [1.807, 2.05) is 42.5 Å². The minimum atomic E-state index is -3.74. The van der Waals surface area contributed by atoms with E-state index in [1.165, 1.54) is 18.1 Å². The molecule has 3 aromatic rings. The number of hydrogen-bond donors (Lipinski definition) is 0. The van der Waals surface area contributed by atoms with Crippen molar-refractivity contribution in [3.63, 3.8) is 0 Å². The Morgan fingerprint density at radius 2 is 1.72 bits per heavy atom.